The highest BCUT2D eigenvalue weighted by Gasteiger charge is 2.21. The Morgan fingerprint density at radius 3 is 2.95 bits per heavy atom. The van der Waals surface area contributed by atoms with Crippen LogP contribution in [0, 0.1) is 12.8 Å². The lowest BCUT2D eigenvalue weighted by atomic mass is 9.93. The van der Waals surface area contributed by atoms with Crippen molar-refractivity contribution in [3.05, 3.63) is 18.2 Å². The Morgan fingerprint density at radius 1 is 1.37 bits per heavy atom. The van der Waals surface area contributed by atoms with Gasteiger partial charge in [-0.1, -0.05) is 0 Å². The van der Waals surface area contributed by atoms with Crippen LogP contribution in [0.25, 0.3) is 5.65 Å². The molecule has 2 aromatic heterocycles. The molecule has 0 saturated carbocycles. The molecule has 0 bridgehead atoms. The zero-order valence-corrected chi connectivity index (χ0v) is 11.3. The highest BCUT2D eigenvalue weighted by atomic mass is 16.5. The van der Waals surface area contributed by atoms with Crippen molar-refractivity contribution in [2.24, 2.45) is 5.92 Å². The summed E-state index contributed by atoms with van der Waals surface area (Å²) < 4.78 is 7.35. The second-order valence-corrected chi connectivity index (χ2v) is 5.10. The molecular weight excluding hydrogens is 242 g/mol. The summed E-state index contributed by atoms with van der Waals surface area (Å²) in [7, 11) is 0. The van der Waals surface area contributed by atoms with Crippen LogP contribution in [0.5, 0.6) is 0 Å². The van der Waals surface area contributed by atoms with E-state index in [1.165, 1.54) is 0 Å². The van der Waals surface area contributed by atoms with Crippen molar-refractivity contribution in [3.8, 4) is 0 Å². The van der Waals surface area contributed by atoms with E-state index >= 15 is 0 Å². The van der Waals surface area contributed by atoms with Gasteiger partial charge >= 0.3 is 0 Å². The number of rotatable bonds is 3. The average molecular weight is 261 g/mol. The fourth-order valence-electron chi connectivity index (χ4n) is 2.59. The summed E-state index contributed by atoms with van der Waals surface area (Å²) in [6.07, 6.45) is 5.86. The number of aryl methyl sites for hydroxylation is 1. The van der Waals surface area contributed by atoms with E-state index < -0.39 is 0 Å². The van der Waals surface area contributed by atoms with E-state index in [4.69, 9.17) is 4.74 Å². The Morgan fingerprint density at radius 2 is 2.16 bits per heavy atom. The van der Waals surface area contributed by atoms with Gasteiger partial charge < -0.3 is 10.1 Å². The number of anilines is 1. The molecule has 0 aromatic carbocycles. The molecule has 0 radical (unpaired) electrons. The second kappa shape index (κ2) is 5.13. The first-order chi connectivity index (χ1) is 9.25. The van der Waals surface area contributed by atoms with Crippen LogP contribution in [0.2, 0.25) is 0 Å². The highest BCUT2D eigenvalue weighted by molar-refractivity contribution is 5.62. The largest absolute Gasteiger partial charge is 0.381 e. The van der Waals surface area contributed by atoms with E-state index in [-0.39, 0.29) is 0 Å². The van der Waals surface area contributed by atoms with Crippen LogP contribution in [0.1, 0.15) is 25.6 Å². The van der Waals surface area contributed by atoms with Crippen molar-refractivity contribution in [1.29, 1.82) is 0 Å². The lowest BCUT2D eigenvalue weighted by Gasteiger charge is -2.28. The third-order valence-electron chi connectivity index (χ3n) is 3.83. The molecule has 1 aliphatic heterocycles. The van der Waals surface area contributed by atoms with Crippen LogP contribution in [0.3, 0.4) is 0 Å². The van der Waals surface area contributed by atoms with Crippen LogP contribution in [-0.4, -0.2) is 38.8 Å². The monoisotopic (exact) mass is 261 g/mol. The predicted molar refractivity (Wildman–Crippen MR) is 72.1 cm³/mol. The standard InChI is InChI=1S/C13H19N5O/c1-9(11-3-7-19-8-4-11)15-12-13-17-16-10(2)18(13)6-5-14-12/h5-6,9,11H,3-4,7-8H2,1-2H3,(H,14,15). The molecule has 0 amide bonds. The van der Waals surface area contributed by atoms with Crippen molar-refractivity contribution in [2.75, 3.05) is 18.5 Å². The number of nitrogens with zero attached hydrogens (tertiary/aromatic N) is 4. The van der Waals surface area contributed by atoms with Crippen molar-refractivity contribution >= 4 is 11.5 Å². The fraction of sp³-hybridized carbons (Fsp3) is 0.615. The number of hydrogen-bond donors (Lipinski definition) is 1. The number of nitrogens with one attached hydrogen (secondary N) is 1. The molecule has 1 aliphatic rings. The number of ether oxygens (including phenoxy) is 1. The zero-order valence-electron chi connectivity index (χ0n) is 11.3. The number of aromatic nitrogens is 4. The SMILES string of the molecule is Cc1nnc2c(NC(C)C3CCOCC3)nccn12. The smallest absolute Gasteiger partial charge is 0.203 e. The molecular formula is C13H19N5O. The normalized spacial score (nSPS) is 18.6. The molecule has 1 N–H and O–H groups in total. The van der Waals surface area contributed by atoms with Gasteiger partial charge in [-0.15, -0.1) is 10.2 Å². The minimum absolute atomic E-state index is 0.361. The topological polar surface area (TPSA) is 64.3 Å². The van der Waals surface area contributed by atoms with Gasteiger partial charge in [-0.05, 0) is 32.6 Å². The van der Waals surface area contributed by atoms with Gasteiger partial charge in [0, 0.05) is 31.6 Å². The van der Waals surface area contributed by atoms with E-state index in [2.05, 4.69) is 27.4 Å². The maximum Gasteiger partial charge on any atom is 0.203 e. The number of hydrogen-bond acceptors (Lipinski definition) is 5. The van der Waals surface area contributed by atoms with Crippen LogP contribution in [-0.2, 0) is 4.74 Å². The zero-order chi connectivity index (χ0) is 13.2. The minimum Gasteiger partial charge on any atom is -0.381 e. The van der Waals surface area contributed by atoms with E-state index in [1.807, 2.05) is 17.5 Å². The van der Waals surface area contributed by atoms with Gasteiger partial charge in [-0.3, -0.25) is 4.40 Å². The van der Waals surface area contributed by atoms with Crippen molar-refractivity contribution in [1.82, 2.24) is 19.6 Å². The van der Waals surface area contributed by atoms with E-state index in [0.29, 0.717) is 12.0 Å². The molecule has 1 atom stereocenters. The average Bonchev–Trinajstić information content (AvgIpc) is 2.83. The summed E-state index contributed by atoms with van der Waals surface area (Å²) in [5.41, 5.74) is 0.791. The third kappa shape index (κ3) is 2.40. The summed E-state index contributed by atoms with van der Waals surface area (Å²) in [4.78, 5) is 4.39. The molecule has 2 aromatic rings. The molecule has 19 heavy (non-hydrogen) atoms. The van der Waals surface area contributed by atoms with Crippen LogP contribution < -0.4 is 5.32 Å². The molecule has 6 nitrogen and oxygen atoms in total. The molecule has 102 valence electrons. The Kier molecular flexibility index (Phi) is 3.33. The lowest BCUT2D eigenvalue weighted by Crippen LogP contribution is -2.31. The van der Waals surface area contributed by atoms with Gasteiger partial charge in [0.25, 0.3) is 0 Å². The maximum atomic E-state index is 5.40. The van der Waals surface area contributed by atoms with Gasteiger partial charge in [0.05, 0.1) is 0 Å². The van der Waals surface area contributed by atoms with Crippen LogP contribution in [0.15, 0.2) is 12.4 Å². The van der Waals surface area contributed by atoms with Gasteiger partial charge in [0.2, 0.25) is 5.65 Å². The summed E-state index contributed by atoms with van der Waals surface area (Å²) in [5.74, 6) is 2.31. The maximum absolute atomic E-state index is 5.40. The number of fused-ring (bicyclic) bond motifs is 1. The lowest BCUT2D eigenvalue weighted by molar-refractivity contribution is 0.0622. The van der Waals surface area contributed by atoms with E-state index in [9.17, 15) is 0 Å². The van der Waals surface area contributed by atoms with E-state index in [0.717, 1.165) is 43.3 Å². The van der Waals surface area contributed by atoms with Crippen molar-refractivity contribution in [3.63, 3.8) is 0 Å². The molecule has 3 heterocycles. The van der Waals surface area contributed by atoms with Crippen molar-refractivity contribution < 1.29 is 4.74 Å². The molecule has 1 unspecified atom stereocenters. The first-order valence-corrected chi connectivity index (χ1v) is 6.76. The Bertz CT molecular complexity index is 561. The molecule has 1 fully saturated rings. The Labute approximate surface area is 112 Å². The van der Waals surface area contributed by atoms with Gasteiger partial charge in [-0.25, -0.2) is 4.98 Å². The molecule has 3 rings (SSSR count). The molecule has 1 saturated heterocycles. The summed E-state index contributed by atoms with van der Waals surface area (Å²) in [6, 6.07) is 0.361. The van der Waals surface area contributed by atoms with Crippen LogP contribution >= 0.6 is 0 Å². The predicted octanol–water partition coefficient (Wildman–Crippen LogP) is 1.66. The third-order valence-corrected chi connectivity index (χ3v) is 3.83. The fourth-order valence-corrected chi connectivity index (χ4v) is 2.59. The summed E-state index contributed by atoms with van der Waals surface area (Å²) in [5, 5.41) is 11.7. The van der Waals surface area contributed by atoms with Crippen molar-refractivity contribution in [2.45, 2.75) is 32.7 Å². The van der Waals surface area contributed by atoms with Crippen LogP contribution in [0.4, 0.5) is 5.82 Å². The Balaban J connectivity index is 1.80. The van der Waals surface area contributed by atoms with E-state index in [1.54, 1.807) is 6.20 Å². The minimum atomic E-state index is 0.361. The first kappa shape index (κ1) is 12.3. The van der Waals surface area contributed by atoms with Gasteiger partial charge in [-0.2, -0.15) is 0 Å². The second-order valence-electron chi connectivity index (χ2n) is 5.10. The molecule has 0 spiro atoms. The molecule has 0 aliphatic carbocycles. The molecule has 6 heteroatoms. The highest BCUT2D eigenvalue weighted by Crippen LogP contribution is 2.22. The Hall–Kier alpha value is -1.69. The quantitative estimate of drug-likeness (QED) is 0.910. The summed E-state index contributed by atoms with van der Waals surface area (Å²) in [6.45, 7) is 5.85. The van der Waals surface area contributed by atoms with Gasteiger partial charge in [0.15, 0.2) is 5.82 Å². The first-order valence-electron chi connectivity index (χ1n) is 6.76. The van der Waals surface area contributed by atoms with Gasteiger partial charge in [0.1, 0.15) is 5.82 Å². The summed E-state index contributed by atoms with van der Waals surface area (Å²) >= 11 is 0.